The van der Waals surface area contributed by atoms with Crippen LogP contribution in [0.5, 0.6) is 0 Å². The summed E-state index contributed by atoms with van der Waals surface area (Å²) in [6.45, 7) is 3.88. The largest absolute Gasteiger partial charge is 0.390 e. The van der Waals surface area contributed by atoms with Gasteiger partial charge in [-0.15, -0.1) is 0 Å². The van der Waals surface area contributed by atoms with Crippen molar-refractivity contribution in [1.29, 1.82) is 0 Å². The maximum Gasteiger partial charge on any atom is 0.237 e. The highest BCUT2D eigenvalue weighted by atomic mass is 16.3. The Hall–Kier alpha value is -2.18. The van der Waals surface area contributed by atoms with E-state index < -0.39 is 0 Å². The number of aliphatic hydroxyl groups is 1. The molecule has 2 aromatic rings. The van der Waals surface area contributed by atoms with Gasteiger partial charge in [0.05, 0.1) is 18.3 Å². The van der Waals surface area contributed by atoms with Crippen LogP contribution >= 0.6 is 0 Å². The molecule has 6 nitrogen and oxygen atoms in total. The number of hydrogen-bond acceptors (Lipinski definition) is 4. The van der Waals surface area contributed by atoms with E-state index >= 15 is 0 Å². The van der Waals surface area contributed by atoms with Crippen LogP contribution < -0.4 is 5.32 Å². The predicted molar refractivity (Wildman–Crippen MR) is 91.0 cm³/mol. The van der Waals surface area contributed by atoms with E-state index in [9.17, 15) is 9.90 Å². The summed E-state index contributed by atoms with van der Waals surface area (Å²) < 4.78 is 1.85. The number of nitrogens with zero attached hydrogens (tertiary/aromatic N) is 3. The highest BCUT2D eigenvalue weighted by Gasteiger charge is 2.29. The van der Waals surface area contributed by atoms with Gasteiger partial charge in [-0.25, -0.2) is 0 Å². The van der Waals surface area contributed by atoms with Crippen LogP contribution in [-0.2, 0) is 38.0 Å². The molecule has 24 heavy (non-hydrogen) atoms. The van der Waals surface area contributed by atoms with E-state index in [2.05, 4.69) is 15.3 Å². The lowest BCUT2D eigenvalue weighted by molar-refractivity contribution is -0.126. The van der Waals surface area contributed by atoms with Crippen LogP contribution in [-0.4, -0.2) is 38.3 Å². The van der Waals surface area contributed by atoms with Gasteiger partial charge in [0.1, 0.15) is 0 Å². The molecule has 6 heteroatoms. The molecule has 1 aliphatic heterocycles. The molecule has 0 unspecified atom stereocenters. The zero-order valence-corrected chi connectivity index (χ0v) is 14.2. The van der Waals surface area contributed by atoms with Crippen molar-refractivity contribution >= 4 is 5.91 Å². The Morgan fingerprint density at radius 3 is 2.83 bits per heavy atom. The zero-order valence-electron chi connectivity index (χ0n) is 14.2. The van der Waals surface area contributed by atoms with Gasteiger partial charge < -0.3 is 10.4 Å². The summed E-state index contributed by atoms with van der Waals surface area (Å²) >= 11 is 0. The molecule has 1 aromatic heterocycles. The molecule has 0 spiro atoms. The third kappa shape index (κ3) is 3.34. The van der Waals surface area contributed by atoms with E-state index in [1.165, 1.54) is 0 Å². The summed E-state index contributed by atoms with van der Waals surface area (Å²) in [5.74, 6) is 0.0248. The van der Waals surface area contributed by atoms with E-state index in [1.54, 1.807) is 0 Å². The summed E-state index contributed by atoms with van der Waals surface area (Å²) in [4.78, 5) is 14.6. The molecule has 0 bridgehead atoms. The van der Waals surface area contributed by atoms with E-state index in [-0.39, 0.29) is 18.6 Å². The van der Waals surface area contributed by atoms with Crippen molar-refractivity contribution in [2.45, 2.75) is 39.1 Å². The molecule has 0 fully saturated rings. The lowest BCUT2D eigenvalue weighted by atomic mass is 10.0. The quantitative estimate of drug-likeness (QED) is 0.858. The molecule has 0 saturated heterocycles. The number of amides is 1. The summed E-state index contributed by atoms with van der Waals surface area (Å²) in [5.41, 5.74) is 4.03. The summed E-state index contributed by atoms with van der Waals surface area (Å²) in [6, 6.07) is 9.69. The van der Waals surface area contributed by atoms with Crippen molar-refractivity contribution in [3.63, 3.8) is 0 Å². The summed E-state index contributed by atoms with van der Waals surface area (Å²) in [5, 5.41) is 16.8. The van der Waals surface area contributed by atoms with Crippen LogP contribution in [0.4, 0.5) is 0 Å². The summed E-state index contributed by atoms with van der Waals surface area (Å²) in [7, 11) is 1.91. The third-order valence-corrected chi connectivity index (χ3v) is 4.74. The van der Waals surface area contributed by atoms with Crippen LogP contribution in [0.1, 0.15) is 29.4 Å². The Morgan fingerprint density at radius 2 is 2.12 bits per heavy atom. The minimum Gasteiger partial charge on any atom is -0.390 e. The fourth-order valence-corrected chi connectivity index (χ4v) is 3.25. The van der Waals surface area contributed by atoms with Crippen molar-refractivity contribution in [3.8, 4) is 0 Å². The Kier molecular flexibility index (Phi) is 4.97. The van der Waals surface area contributed by atoms with Crippen molar-refractivity contribution in [2.24, 2.45) is 7.05 Å². The Balaban J connectivity index is 1.63. The first-order valence-corrected chi connectivity index (χ1v) is 8.30. The number of fused-ring (bicyclic) bond motifs is 1. The number of carbonyl (C=O) groups is 1. The van der Waals surface area contributed by atoms with Crippen molar-refractivity contribution < 1.29 is 9.90 Å². The first-order valence-electron chi connectivity index (χ1n) is 8.30. The van der Waals surface area contributed by atoms with Gasteiger partial charge in [0.2, 0.25) is 5.91 Å². The lowest BCUT2D eigenvalue weighted by Crippen LogP contribution is -2.47. The fourth-order valence-electron chi connectivity index (χ4n) is 3.25. The van der Waals surface area contributed by atoms with E-state index in [0.717, 1.165) is 29.8 Å². The number of aromatic nitrogens is 2. The van der Waals surface area contributed by atoms with E-state index in [0.29, 0.717) is 18.8 Å². The molecule has 3 rings (SSSR count). The first kappa shape index (κ1) is 16.7. The van der Waals surface area contributed by atoms with E-state index in [4.69, 9.17) is 0 Å². The van der Waals surface area contributed by atoms with Gasteiger partial charge in [0.25, 0.3) is 0 Å². The molecular formula is C18H24N4O2. The third-order valence-electron chi connectivity index (χ3n) is 4.74. The second-order valence-electron chi connectivity index (χ2n) is 6.25. The number of carbonyl (C=O) groups excluding carboxylic acids is 1. The second-order valence-corrected chi connectivity index (χ2v) is 6.25. The van der Waals surface area contributed by atoms with Crippen molar-refractivity contribution in [1.82, 2.24) is 20.0 Å². The van der Waals surface area contributed by atoms with Crippen molar-refractivity contribution in [2.75, 3.05) is 6.54 Å². The number of nitrogens with one attached hydrogen (secondary N) is 1. The molecule has 0 saturated carbocycles. The molecule has 2 N–H and O–H groups in total. The molecule has 0 radical (unpaired) electrons. The molecule has 0 aliphatic carbocycles. The minimum absolute atomic E-state index is 0.0248. The number of rotatable bonds is 5. The highest BCUT2D eigenvalue weighted by molar-refractivity contribution is 5.81. The average molecular weight is 328 g/mol. The first-order chi connectivity index (χ1) is 11.6. The van der Waals surface area contributed by atoms with Crippen LogP contribution in [0.25, 0.3) is 0 Å². The SMILES string of the molecule is C[C@H](C(=O)NCc1ccccc1)N1CCc2c(c(CO)nn2C)C1. The van der Waals surface area contributed by atoms with Gasteiger partial charge in [0.15, 0.2) is 0 Å². The smallest absolute Gasteiger partial charge is 0.237 e. The number of hydrogen-bond donors (Lipinski definition) is 2. The number of aliphatic hydroxyl groups excluding tert-OH is 1. The van der Waals surface area contributed by atoms with Gasteiger partial charge in [-0.1, -0.05) is 30.3 Å². The van der Waals surface area contributed by atoms with Gasteiger partial charge in [0, 0.05) is 44.4 Å². The molecule has 1 atom stereocenters. The highest BCUT2D eigenvalue weighted by Crippen LogP contribution is 2.23. The topological polar surface area (TPSA) is 70.4 Å². The molecule has 1 aromatic carbocycles. The van der Waals surface area contributed by atoms with Crippen LogP contribution in [0.3, 0.4) is 0 Å². The molecule has 2 heterocycles. The maximum absolute atomic E-state index is 12.5. The van der Waals surface area contributed by atoms with Gasteiger partial charge in [-0.3, -0.25) is 14.4 Å². The Bertz CT molecular complexity index is 711. The Labute approximate surface area is 142 Å². The minimum atomic E-state index is -0.214. The van der Waals surface area contributed by atoms with Crippen LogP contribution in [0.15, 0.2) is 30.3 Å². The molecule has 1 amide bonds. The van der Waals surface area contributed by atoms with Gasteiger partial charge in [-0.05, 0) is 12.5 Å². The molecule has 128 valence electrons. The zero-order chi connectivity index (χ0) is 17.1. The standard InChI is InChI=1S/C18H24N4O2/c1-13(18(24)19-10-14-6-4-3-5-7-14)22-9-8-17-15(11-22)16(12-23)20-21(17)2/h3-7,13,23H,8-12H2,1-2H3,(H,19,24)/t13-/m1/s1. The normalized spacial score (nSPS) is 15.8. The van der Waals surface area contributed by atoms with Gasteiger partial charge in [-0.2, -0.15) is 5.10 Å². The maximum atomic E-state index is 12.5. The Morgan fingerprint density at radius 1 is 1.38 bits per heavy atom. The fraction of sp³-hybridized carbons (Fsp3) is 0.444. The average Bonchev–Trinajstić information content (AvgIpc) is 2.95. The van der Waals surface area contributed by atoms with Gasteiger partial charge >= 0.3 is 0 Å². The van der Waals surface area contributed by atoms with Crippen LogP contribution in [0.2, 0.25) is 0 Å². The van der Waals surface area contributed by atoms with Crippen molar-refractivity contribution in [3.05, 3.63) is 52.8 Å². The summed E-state index contributed by atoms with van der Waals surface area (Å²) in [6.07, 6.45) is 0.842. The van der Waals surface area contributed by atoms with Crippen LogP contribution in [0, 0.1) is 0 Å². The monoisotopic (exact) mass is 328 g/mol. The predicted octanol–water partition coefficient (Wildman–Crippen LogP) is 0.975. The molecular weight excluding hydrogens is 304 g/mol. The van der Waals surface area contributed by atoms with E-state index in [1.807, 2.05) is 49.0 Å². The number of benzene rings is 1. The molecule has 1 aliphatic rings. The number of aryl methyl sites for hydroxylation is 1. The second kappa shape index (κ2) is 7.15. The lowest BCUT2D eigenvalue weighted by Gasteiger charge is -2.32.